The van der Waals surface area contributed by atoms with Crippen molar-refractivity contribution in [3.63, 3.8) is 0 Å². The minimum atomic E-state index is -0.678. The molecule has 2 aromatic carbocycles. The summed E-state index contributed by atoms with van der Waals surface area (Å²) in [6, 6.07) is 12.4. The molecule has 1 aliphatic heterocycles. The fourth-order valence-electron chi connectivity index (χ4n) is 5.10. The molecule has 3 aliphatic rings. The first-order valence-corrected chi connectivity index (χ1v) is 11.7. The van der Waals surface area contributed by atoms with E-state index in [0.717, 1.165) is 28.9 Å². The lowest BCUT2D eigenvalue weighted by Gasteiger charge is -2.39. The van der Waals surface area contributed by atoms with Crippen LogP contribution in [0, 0.1) is 11.8 Å². The van der Waals surface area contributed by atoms with Crippen molar-refractivity contribution in [3.05, 3.63) is 64.2 Å². The van der Waals surface area contributed by atoms with Crippen molar-refractivity contribution in [1.29, 1.82) is 0 Å². The Morgan fingerprint density at radius 2 is 1.72 bits per heavy atom. The number of benzene rings is 2. The molecule has 32 heavy (non-hydrogen) atoms. The van der Waals surface area contributed by atoms with Gasteiger partial charge in [0.25, 0.3) is 0 Å². The van der Waals surface area contributed by atoms with Crippen LogP contribution < -0.4 is 4.74 Å². The summed E-state index contributed by atoms with van der Waals surface area (Å²) in [7, 11) is 1.43. The molecule has 2 saturated carbocycles. The average molecular weight is 429 g/mol. The number of fused-ring (bicyclic) bond motifs is 1. The minimum absolute atomic E-state index is 0.0903. The molecule has 0 N–H and O–H groups in total. The molecule has 0 amide bonds. The van der Waals surface area contributed by atoms with Gasteiger partial charge in [-0.1, -0.05) is 37.8 Å². The standard InChI is InChI=1S/C29H32O3/c1-27(2)18-29(14-15-29)32-25-23(21-10-11-21)16-20(17-24(25)27)7-6-19-8-12-22(13-9-19)28(3,4)26(30)31-5/h8-9,12-13,16-17,21H,10-11,14-15,18H2,1-5H3. The maximum absolute atomic E-state index is 12.1. The zero-order chi connectivity index (χ0) is 22.7. The topological polar surface area (TPSA) is 35.5 Å². The van der Waals surface area contributed by atoms with Gasteiger partial charge in [0.2, 0.25) is 0 Å². The van der Waals surface area contributed by atoms with E-state index in [4.69, 9.17) is 9.47 Å². The van der Waals surface area contributed by atoms with E-state index >= 15 is 0 Å². The molecule has 2 fully saturated rings. The lowest BCUT2D eigenvalue weighted by Crippen LogP contribution is -2.36. The predicted molar refractivity (Wildman–Crippen MR) is 126 cm³/mol. The van der Waals surface area contributed by atoms with E-state index in [2.05, 4.69) is 37.8 Å². The molecule has 0 aromatic heterocycles. The average Bonchev–Trinajstić information content (AvgIpc) is 3.69. The number of carbonyl (C=O) groups excluding carboxylic acids is 1. The first-order valence-electron chi connectivity index (χ1n) is 11.7. The van der Waals surface area contributed by atoms with E-state index in [9.17, 15) is 4.79 Å². The predicted octanol–water partition coefficient (Wildman–Crippen LogP) is 6.01. The van der Waals surface area contributed by atoms with E-state index < -0.39 is 5.41 Å². The number of carbonyl (C=O) groups is 1. The van der Waals surface area contributed by atoms with E-state index in [-0.39, 0.29) is 17.0 Å². The summed E-state index contributed by atoms with van der Waals surface area (Å²) >= 11 is 0. The number of ether oxygens (including phenoxy) is 2. The van der Waals surface area contributed by atoms with E-state index in [1.807, 2.05) is 38.1 Å². The molecule has 5 rings (SSSR count). The number of hydrogen-bond donors (Lipinski definition) is 0. The van der Waals surface area contributed by atoms with Crippen LogP contribution in [-0.4, -0.2) is 18.7 Å². The van der Waals surface area contributed by atoms with Crippen LogP contribution in [0.1, 0.15) is 93.5 Å². The molecular weight excluding hydrogens is 396 g/mol. The Hall–Kier alpha value is -2.73. The van der Waals surface area contributed by atoms with Gasteiger partial charge in [-0.3, -0.25) is 4.79 Å². The van der Waals surface area contributed by atoms with Gasteiger partial charge in [-0.05, 0) is 92.7 Å². The molecule has 0 atom stereocenters. The second-order valence-electron chi connectivity index (χ2n) is 11.0. The second-order valence-corrected chi connectivity index (χ2v) is 11.0. The SMILES string of the molecule is COC(=O)C(C)(C)c1ccc(C#Cc2cc(C3CC3)c3c(c2)C(C)(C)CC2(CC2)O3)cc1. The molecule has 0 radical (unpaired) electrons. The van der Waals surface area contributed by atoms with Gasteiger partial charge < -0.3 is 9.47 Å². The van der Waals surface area contributed by atoms with Crippen LogP contribution in [0.15, 0.2) is 36.4 Å². The molecule has 1 heterocycles. The molecule has 1 spiro atoms. The van der Waals surface area contributed by atoms with Gasteiger partial charge in [0.15, 0.2) is 0 Å². The lowest BCUT2D eigenvalue weighted by molar-refractivity contribution is -0.146. The monoisotopic (exact) mass is 428 g/mol. The number of rotatable bonds is 3. The fraction of sp³-hybridized carbons (Fsp3) is 0.483. The highest BCUT2D eigenvalue weighted by Crippen LogP contribution is 2.58. The Kier molecular flexibility index (Phi) is 4.71. The fourth-order valence-corrected chi connectivity index (χ4v) is 5.10. The summed E-state index contributed by atoms with van der Waals surface area (Å²) in [5, 5.41) is 0. The zero-order valence-corrected chi connectivity index (χ0v) is 19.8. The van der Waals surface area contributed by atoms with Crippen molar-refractivity contribution in [3.8, 4) is 17.6 Å². The Balaban J connectivity index is 1.46. The molecule has 3 heteroatoms. The normalized spacial score (nSPS) is 19.9. The second kappa shape index (κ2) is 7.14. The first-order chi connectivity index (χ1) is 15.1. The van der Waals surface area contributed by atoms with E-state index in [1.165, 1.54) is 43.9 Å². The Morgan fingerprint density at radius 1 is 1.06 bits per heavy atom. The molecule has 166 valence electrons. The van der Waals surface area contributed by atoms with Gasteiger partial charge >= 0.3 is 5.97 Å². The Bertz CT molecular complexity index is 1130. The largest absolute Gasteiger partial charge is 0.487 e. The van der Waals surface area contributed by atoms with Gasteiger partial charge in [-0.15, -0.1) is 0 Å². The van der Waals surface area contributed by atoms with Gasteiger partial charge in [0.1, 0.15) is 11.4 Å². The maximum atomic E-state index is 12.1. The van der Waals surface area contributed by atoms with Crippen LogP contribution in [0.3, 0.4) is 0 Å². The molecule has 3 nitrogen and oxygen atoms in total. The maximum Gasteiger partial charge on any atom is 0.315 e. The third kappa shape index (κ3) is 3.71. The van der Waals surface area contributed by atoms with Crippen LogP contribution in [0.25, 0.3) is 0 Å². The number of methoxy groups -OCH3 is 1. The summed E-state index contributed by atoms with van der Waals surface area (Å²) in [6.07, 6.45) is 5.95. The Labute approximate surface area is 191 Å². The smallest absolute Gasteiger partial charge is 0.315 e. The zero-order valence-electron chi connectivity index (χ0n) is 19.8. The quantitative estimate of drug-likeness (QED) is 0.444. The molecule has 2 aromatic rings. The molecular formula is C29H32O3. The van der Waals surface area contributed by atoms with Gasteiger partial charge in [-0.25, -0.2) is 0 Å². The minimum Gasteiger partial charge on any atom is -0.487 e. The third-order valence-electron chi connectivity index (χ3n) is 7.41. The molecule has 2 aliphatic carbocycles. The first kappa shape index (κ1) is 21.1. The highest BCUT2D eigenvalue weighted by atomic mass is 16.5. The summed E-state index contributed by atoms with van der Waals surface area (Å²) in [5.74, 6) is 8.26. The summed E-state index contributed by atoms with van der Waals surface area (Å²) in [6.45, 7) is 8.46. The van der Waals surface area contributed by atoms with Gasteiger partial charge in [0.05, 0.1) is 12.5 Å². The van der Waals surface area contributed by atoms with Gasteiger partial charge in [-0.2, -0.15) is 0 Å². The molecule has 0 unspecified atom stereocenters. The summed E-state index contributed by atoms with van der Waals surface area (Å²) < 4.78 is 11.5. The van der Waals surface area contributed by atoms with E-state index in [0.29, 0.717) is 5.92 Å². The van der Waals surface area contributed by atoms with Crippen molar-refractivity contribution in [2.45, 2.75) is 82.1 Å². The molecule has 0 saturated heterocycles. The van der Waals surface area contributed by atoms with E-state index in [1.54, 1.807) is 0 Å². The lowest BCUT2D eigenvalue weighted by atomic mass is 9.75. The van der Waals surface area contributed by atoms with Crippen molar-refractivity contribution >= 4 is 5.97 Å². The number of hydrogen-bond acceptors (Lipinski definition) is 3. The van der Waals surface area contributed by atoms with Crippen LogP contribution in [0.4, 0.5) is 0 Å². The van der Waals surface area contributed by atoms with Crippen molar-refractivity contribution < 1.29 is 14.3 Å². The summed E-state index contributed by atoms with van der Waals surface area (Å²) in [5.41, 5.74) is 5.12. The third-order valence-corrected chi connectivity index (χ3v) is 7.41. The van der Waals surface area contributed by atoms with Crippen LogP contribution in [0.2, 0.25) is 0 Å². The highest BCUT2D eigenvalue weighted by molar-refractivity contribution is 5.82. The van der Waals surface area contributed by atoms with Crippen molar-refractivity contribution in [2.24, 2.45) is 0 Å². The van der Waals surface area contributed by atoms with Crippen molar-refractivity contribution in [1.82, 2.24) is 0 Å². The van der Waals surface area contributed by atoms with Crippen LogP contribution in [-0.2, 0) is 20.4 Å². The summed E-state index contributed by atoms with van der Waals surface area (Å²) in [4.78, 5) is 12.1. The Morgan fingerprint density at radius 3 is 2.31 bits per heavy atom. The van der Waals surface area contributed by atoms with Crippen molar-refractivity contribution in [2.75, 3.05) is 7.11 Å². The van der Waals surface area contributed by atoms with Crippen LogP contribution >= 0.6 is 0 Å². The molecule has 0 bridgehead atoms. The number of esters is 1. The highest BCUT2D eigenvalue weighted by Gasteiger charge is 2.54. The van der Waals surface area contributed by atoms with Crippen LogP contribution in [0.5, 0.6) is 5.75 Å². The van der Waals surface area contributed by atoms with Gasteiger partial charge in [0, 0.05) is 16.7 Å².